The molecule has 0 saturated carbocycles. The molecular formula is C16H14N2O. The second kappa shape index (κ2) is 5.06. The highest BCUT2D eigenvalue weighted by Gasteiger charge is 2.22. The predicted octanol–water partition coefficient (Wildman–Crippen LogP) is 2.94. The summed E-state index contributed by atoms with van der Waals surface area (Å²) in [7, 11) is 0. The summed E-state index contributed by atoms with van der Waals surface area (Å²) in [6.07, 6.45) is 0.808. The first-order chi connectivity index (χ1) is 9.34. The van der Waals surface area contributed by atoms with E-state index in [1.54, 1.807) is 5.01 Å². The number of hydrazone groups is 1. The molecule has 0 radical (unpaired) electrons. The van der Waals surface area contributed by atoms with Crippen LogP contribution in [0.3, 0.4) is 0 Å². The zero-order chi connectivity index (χ0) is 13.1. The molecule has 0 spiro atoms. The van der Waals surface area contributed by atoms with Gasteiger partial charge < -0.3 is 0 Å². The molecule has 1 aliphatic rings. The standard InChI is InChI=1S/C16H14N2O/c19-16(14-9-5-2-6-10-14)18-12-11-15(17-18)13-7-3-1-4-8-13/h1-10H,11-12H2. The van der Waals surface area contributed by atoms with Crippen LogP contribution in [0.2, 0.25) is 0 Å². The number of carbonyl (C=O) groups is 1. The molecule has 0 N–H and O–H groups in total. The highest BCUT2D eigenvalue weighted by molar-refractivity contribution is 6.04. The maximum absolute atomic E-state index is 12.2. The molecule has 2 aromatic rings. The third-order valence-electron chi connectivity index (χ3n) is 3.16. The molecule has 3 rings (SSSR count). The smallest absolute Gasteiger partial charge is 0.267 e. The van der Waals surface area contributed by atoms with Gasteiger partial charge in [0.2, 0.25) is 0 Å². The second-order valence-corrected chi connectivity index (χ2v) is 4.46. The van der Waals surface area contributed by atoms with Crippen molar-refractivity contribution in [2.45, 2.75) is 6.42 Å². The topological polar surface area (TPSA) is 32.7 Å². The largest absolute Gasteiger partial charge is 0.273 e. The van der Waals surface area contributed by atoms with Crippen LogP contribution in [0.1, 0.15) is 22.3 Å². The molecule has 0 unspecified atom stereocenters. The first-order valence-electron chi connectivity index (χ1n) is 6.34. The Balaban J connectivity index is 1.82. The van der Waals surface area contributed by atoms with Gasteiger partial charge in [-0.25, -0.2) is 5.01 Å². The minimum Gasteiger partial charge on any atom is -0.267 e. The number of amides is 1. The lowest BCUT2D eigenvalue weighted by Crippen LogP contribution is -2.23. The second-order valence-electron chi connectivity index (χ2n) is 4.46. The summed E-state index contributed by atoms with van der Waals surface area (Å²) >= 11 is 0. The lowest BCUT2D eigenvalue weighted by atomic mass is 10.1. The summed E-state index contributed by atoms with van der Waals surface area (Å²) < 4.78 is 0. The van der Waals surface area contributed by atoms with Gasteiger partial charge in [0, 0.05) is 12.0 Å². The Hall–Kier alpha value is -2.42. The average molecular weight is 250 g/mol. The van der Waals surface area contributed by atoms with Gasteiger partial charge in [0.25, 0.3) is 5.91 Å². The lowest BCUT2D eigenvalue weighted by molar-refractivity contribution is 0.0778. The van der Waals surface area contributed by atoms with Crippen molar-refractivity contribution >= 4 is 11.6 Å². The molecule has 94 valence electrons. The van der Waals surface area contributed by atoms with Gasteiger partial charge in [0.05, 0.1) is 12.3 Å². The van der Waals surface area contributed by atoms with Crippen LogP contribution in [-0.4, -0.2) is 23.2 Å². The first kappa shape index (κ1) is 11.7. The van der Waals surface area contributed by atoms with Crippen LogP contribution in [0.5, 0.6) is 0 Å². The number of hydrogen-bond acceptors (Lipinski definition) is 2. The van der Waals surface area contributed by atoms with Crippen LogP contribution in [0, 0.1) is 0 Å². The predicted molar refractivity (Wildman–Crippen MR) is 75.1 cm³/mol. The summed E-state index contributed by atoms with van der Waals surface area (Å²) in [6, 6.07) is 19.3. The molecule has 2 aromatic carbocycles. The van der Waals surface area contributed by atoms with E-state index in [2.05, 4.69) is 5.10 Å². The normalized spacial score (nSPS) is 14.3. The fourth-order valence-corrected chi connectivity index (χ4v) is 2.17. The SMILES string of the molecule is O=C(c1ccccc1)N1CCC(c2ccccc2)=N1. The monoisotopic (exact) mass is 250 g/mol. The van der Waals surface area contributed by atoms with E-state index in [1.165, 1.54) is 0 Å². The highest BCUT2D eigenvalue weighted by atomic mass is 16.2. The number of benzene rings is 2. The molecule has 1 amide bonds. The van der Waals surface area contributed by atoms with Crippen molar-refractivity contribution in [3.8, 4) is 0 Å². The Morgan fingerprint density at radius 2 is 1.58 bits per heavy atom. The van der Waals surface area contributed by atoms with Crippen molar-refractivity contribution in [3.05, 3.63) is 71.8 Å². The van der Waals surface area contributed by atoms with Crippen LogP contribution in [0.25, 0.3) is 0 Å². The summed E-state index contributed by atoms with van der Waals surface area (Å²) in [4.78, 5) is 12.2. The minimum absolute atomic E-state index is 0.0356. The molecular weight excluding hydrogens is 236 g/mol. The van der Waals surface area contributed by atoms with Gasteiger partial charge in [-0.05, 0) is 17.7 Å². The van der Waals surface area contributed by atoms with Crippen LogP contribution in [0.15, 0.2) is 65.8 Å². The van der Waals surface area contributed by atoms with E-state index in [4.69, 9.17) is 0 Å². The van der Waals surface area contributed by atoms with Gasteiger partial charge in [-0.15, -0.1) is 0 Å². The van der Waals surface area contributed by atoms with E-state index >= 15 is 0 Å². The molecule has 0 aliphatic carbocycles. The first-order valence-corrected chi connectivity index (χ1v) is 6.34. The van der Waals surface area contributed by atoms with Crippen LogP contribution >= 0.6 is 0 Å². The zero-order valence-corrected chi connectivity index (χ0v) is 10.5. The van der Waals surface area contributed by atoms with Crippen molar-refractivity contribution in [2.75, 3.05) is 6.54 Å². The summed E-state index contributed by atoms with van der Waals surface area (Å²) in [5.74, 6) is -0.0356. The van der Waals surface area contributed by atoms with Crippen LogP contribution in [0.4, 0.5) is 0 Å². The number of rotatable bonds is 2. The maximum Gasteiger partial charge on any atom is 0.273 e. The number of nitrogens with zero attached hydrogens (tertiary/aromatic N) is 2. The van der Waals surface area contributed by atoms with Crippen LogP contribution in [-0.2, 0) is 0 Å². The van der Waals surface area contributed by atoms with E-state index in [9.17, 15) is 4.79 Å². The summed E-state index contributed by atoms with van der Waals surface area (Å²) in [5.41, 5.74) is 2.75. The quantitative estimate of drug-likeness (QED) is 0.806. The Bertz CT molecular complexity index is 605. The summed E-state index contributed by atoms with van der Waals surface area (Å²) in [6.45, 7) is 0.651. The molecule has 0 bridgehead atoms. The van der Waals surface area contributed by atoms with Gasteiger partial charge in [0.1, 0.15) is 0 Å². The molecule has 1 aliphatic heterocycles. The van der Waals surface area contributed by atoms with Crippen molar-refractivity contribution in [3.63, 3.8) is 0 Å². The van der Waals surface area contributed by atoms with Gasteiger partial charge >= 0.3 is 0 Å². The van der Waals surface area contributed by atoms with E-state index < -0.39 is 0 Å². The lowest BCUT2D eigenvalue weighted by Gasteiger charge is -2.10. The molecule has 0 atom stereocenters. The highest BCUT2D eigenvalue weighted by Crippen LogP contribution is 2.16. The van der Waals surface area contributed by atoms with E-state index in [-0.39, 0.29) is 5.91 Å². The molecule has 3 nitrogen and oxygen atoms in total. The minimum atomic E-state index is -0.0356. The van der Waals surface area contributed by atoms with Gasteiger partial charge in [0.15, 0.2) is 0 Å². The zero-order valence-electron chi connectivity index (χ0n) is 10.5. The molecule has 0 fully saturated rings. The van der Waals surface area contributed by atoms with E-state index in [1.807, 2.05) is 60.7 Å². The molecule has 0 saturated heterocycles. The van der Waals surface area contributed by atoms with Gasteiger partial charge in [-0.3, -0.25) is 4.79 Å². The Labute approximate surface area is 112 Å². The van der Waals surface area contributed by atoms with Crippen molar-refractivity contribution < 1.29 is 4.79 Å². The Morgan fingerprint density at radius 3 is 2.26 bits per heavy atom. The maximum atomic E-state index is 12.2. The number of hydrogen-bond donors (Lipinski definition) is 0. The fraction of sp³-hybridized carbons (Fsp3) is 0.125. The van der Waals surface area contributed by atoms with Crippen molar-refractivity contribution in [1.29, 1.82) is 0 Å². The molecule has 0 aromatic heterocycles. The van der Waals surface area contributed by atoms with Gasteiger partial charge in [-0.2, -0.15) is 5.10 Å². The number of carbonyl (C=O) groups excluding carboxylic acids is 1. The van der Waals surface area contributed by atoms with Crippen LogP contribution < -0.4 is 0 Å². The average Bonchev–Trinajstić information content (AvgIpc) is 2.98. The Kier molecular flexibility index (Phi) is 3.11. The molecule has 1 heterocycles. The van der Waals surface area contributed by atoms with Crippen molar-refractivity contribution in [2.24, 2.45) is 5.10 Å². The third kappa shape index (κ3) is 2.40. The van der Waals surface area contributed by atoms with Crippen molar-refractivity contribution in [1.82, 2.24) is 5.01 Å². The summed E-state index contributed by atoms with van der Waals surface area (Å²) in [5, 5.41) is 5.99. The van der Waals surface area contributed by atoms with E-state index in [0.717, 1.165) is 17.7 Å². The third-order valence-corrected chi connectivity index (χ3v) is 3.16. The molecule has 3 heteroatoms. The van der Waals surface area contributed by atoms with E-state index in [0.29, 0.717) is 12.1 Å². The molecule has 19 heavy (non-hydrogen) atoms. The fourth-order valence-electron chi connectivity index (χ4n) is 2.17. The Morgan fingerprint density at radius 1 is 0.947 bits per heavy atom. The van der Waals surface area contributed by atoms with Gasteiger partial charge in [-0.1, -0.05) is 48.5 Å².